The number of methoxy groups -OCH3 is 1. The van der Waals surface area contributed by atoms with Crippen LogP contribution in [0.1, 0.15) is 55.6 Å². The Morgan fingerprint density at radius 2 is 2.09 bits per heavy atom. The third kappa shape index (κ3) is 3.00. The standard InChI is InChI=1S/C17H25N3O2/c1-12-18-10-14(11-22-3)15(19-12)13-4-8-20(9-5-13)16(21)17(2)6-7-17/h10,13H,4-9,11H2,1-3H3. The zero-order chi connectivity index (χ0) is 15.7. The number of piperidine rings is 1. The Morgan fingerprint density at radius 1 is 1.41 bits per heavy atom. The first-order chi connectivity index (χ1) is 10.5. The second-order valence-corrected chi connectivity index (χ2v) is 6.89. The lowest BCUT2D eigenvalue weighted by atomic mass is 9.90. The number of nitrogens with zero attached hydrogens (tertiary/aromatic N) is 3. The number of aromatic nitrogens is 2. The van der Waals surface area contributed by atoms with Crippen LogP contribution in [-0.4, -0.2) is 41.0 Å². The Hall–Kier alpha value is -1.49. The van der Waals surface area contributed by atoms with Gasteiger partial charge in [-0.3, -0.25) is 4.79 Å². The summed E-state index contributed by atoms with van der Waals surface area (Å²) in [5.74, 6) is 1.56. The van der Waals surface area contributed by atoms with Crippen LogP contribution in [0.4, 0.5) is 0 Å². The lowest BCUT2D eigenvalue weighted by molar-refractivity contribution is -0.137. The van der Waals surface area contributed by atoms with Crippen LogP contribution in [-0.2, 0) is 16.1 Å². The van der Waals surface area contributed by atoms with Gasteiger partial charge in [0.25, 0.3) is 0 Å². The molecule has 0 unspecified atom stereocenters. The number of amides is 1. The van der Waals surface area contributed by atoms with E-state index in [9.17, 15) is 4.79 Å². The van der Waals surface area contributed by atoms with E-state index in [1.165, 1.54) is 0 Å². The van der Waals surface area contributed by atoms with Crippen molar-refractivity contribution in [2.45, 2.75) is 52.1 Å². The SMILES string of the molecule is COCc1cnc(C)nc1C1CCN(C(=O)C2(C)CC2)CC1. The molecule has 0 atom stereocenters. The quantitative estimate of drug-likeness (QED) is 0.857. The summed E-state index contributed by atoms with van der Waals surface area (Å²) in [5.41, 5.74) is 2.13. The maximum atomic E-state index is 12.4. The second kappa shape index (κ2) is 5.95. The minimum absolute atomic E-state index is 0.0560. The van der Waals surface area contributed by atoms with E-state index in [-0.39, 0.29) is 5.41 Å². The van der Waals surface area contributed by atoms with Crippen molar-refractivity contribution < 1.29 is 9.53 Å². The summed E-state index contributed by atoms with van der Waals surface area (Å²) in [5, 5.41) is 0. The third-order valence-corrected chi connectivity index (χ3v) is 5.00. The first kappa shape index (κ1) is 15.4. The molecule has 5 heteroatoms. The number of rotatable bonds is 4. The second-order valence-electron chi connectivity index (χ2n) is 6.89. The van der Waals surface area contributed by atoms with E-state index in [4.69, 9.17) is 4.74 Å². The van der Waals surface area contributed by atoms with Gasteiger partial charge in [0.15, 0.2) is 0 Å². The number of carbonyl (C=O) groups is 1. The summed E-state index contributed by atoms with van der Waals surface area (Å²) in [6.45, 7) is 6.24. The molecule has 1 aliphatic heterocycles. The predicted molar refractivity (Wildman–Crippen MR) is 83.4 cm³/mol. The molecule has 1 saturated carbocycles. The molecule has 1 aromatic heterocycles. The number of aryl methyl sites for hydroxylation is 1. The van der Waals surface area contributed by atoms with Crippen LogP contribution in [0.5, 0.6) is 0 Å². The predicted octanol–water partition coefficient (Wildman–Crippen LogP) is 2.44. The highest BCUT2D eigenvalue weighted by molar-refractivity contribution is 5.85. The molecule has 2 fully saturated rings. The van der Waals surface area contributed by atoms with Crippen LogP contribution in [0.2, 0.25) is 0 Å². The molecule has 1 aromatic rings. The van der Waals surface area contributed by atoms with Gasteiger partial charge in [-0.05, 0) is 32.6 Å². The number of likely N-dealkylation sites (tertiary alicyclic amines) is 1. The van der Waals surface area contributed by atoms with Gasteiger partial charge < -0.3 is 9.64 Å². The molecule has 0 bridgehead atoms. The van der Waals surface area contributed by atoms with Crippen LogP contribution < -0.4 is 0 Å². The normalized spacial score (nSPS) is 21.0. The Morgan fingerprint density at radius 3 is 2.68 bits per heavy atom. The van der Waals surface area contributed by atoms with Gasteiger partial charge in [-0.15, -0.1) is 0 Å². The van der Waals surface area contributed by atoms with Gasteiger partial charge in [0, 0.05) is 43.3 Å². The molecule has 2 aliphatic rings. The summed E-state index contributed by atoms with van der Waals surface area (Å²) < 4.78 is 5.27. The van der Waals surface area contributed by atoms with Crippen molar-refractivity contribution in [2.24, 2.45) is 5.41 Å². The summed E-state index contributed by atoms with van der Waals surface area (Å²) in [6.07, 6.45) is 5.94. The fourth-order valence-electron chi connectivity index (χ4n) is 3.27. The number of hydrogen-bond acceptors (Lipinski definition) is 4. The molecule has 120 valence electrons. The molecule has 2 heterocycles. The van der Waals surface area contributed by atoms with Crippen LogP contribution in [0.25, 0.3) is 0 Å². The van der Waals surface area contributed by atoms with E-state index in [1.54, 1.807) is 7.11 Å². The van der Waals surface area contributed by atoms with Gasteiger partial charge in [0.2, 0.25) is 5.91 Å². The first-order valence-electron chi connectivity index (χ1n) is 8.14. The van der Waals surface area contributed by atoms with Gasteiger partial charge in [-0.25, -0.2) is 9.97 Å². The molecule has 0 N–H and O–H groups in total. The minimum atomic E-state index is -0.0560. The molecular formula is C17H25N3O2. The summed E-state index contributed by atoms with van der Waals surface area (Å²) >= 11 is 0. The van der Waals surface area contributed by atoms with E-state index >= 15 is 0 Å². The Balaban J connectivity index is 1.68. The van der Waals surface area contributed by atoms with Crippen LogP contribution in [0, 0.1) is 12.3 Å². The third-order valence-electron chi connectivity index (χ3n) is 5.00. The summed E-state index contributed by atoms with van der Waals surface area (Å²) in [7, 11) is 1.70. The Bertz CT molecular complexity index is 561. The highest BCUT2D eigenvalue weighted by atomic mass is 16.5. The topological polar surface area (TPSA) is 55.3 Å². The van der Waals surface area contributed by atoms with Gasteiger partial charge in [-0.1, -0.05) is 6.92 Å². The summed E-state index contributed by atoms with van der Waals surface area (Å²) in [4.78, 5) is 23.4. The molecule has 5 nitrogen and oxygen atoms in total. The smallest absolute Gasteiger partial charge is 0.228 e. The molecule has 1 amide bonds. The van der Waals surface area contributed by atoms with E-state index in [1.807, 2.05) is 18.0 Å². The molecule has 1 aliphatic carbocycles. The molecule has 1 saturated heterocycles. The van der Waals surface area contributed by atoms with Gasteiger partial charge in [0.1, 0.15) is 5.82 Å². The highest BCUT2D eigenvalue weighted by Gasteiger charge is 2.47. The van der Waals surface area contributed by atoms with Crippen molar-refractivity contribution in [1.29, 1.82) is 0 Å². The molecule has 22 heavy (non-hydrogen) atoms. The monoisotopic (exact) mass is 303 g/mol. The maximum Gasteiger partial charge on any atom is 0.228 e. The van der Waals surface area contributed by atoms with E-state index in [0.717, 1.165) is 55.9 Å². The van der Waals surface area contributed by atoms with Crippen molar-refractivity contribution in [2.75, 3.05) is 20.2 Å². The van der Waals surface area contributed by atoms with Gasteiger partial charge >= 0.3 is 0 Å². The average molecular weight is 303 g/mol. The molecular weight excluding hydrogens is 278 g/mol. The van der Waals surface area contributed by atoms with E-state index in [0.29, 0.717) is 18.4 Å². The van der Waals surface area contributed by atoms with Crippen molar-refractivity contribution in [3.8, 4) is 0 Å². The zero-order valence-corrected chi connectivity index (χ0v) is 13.8. The Labute approximate surface area is 132 Å². The van der Waals surface area contributed by atoms with Crippen LogP contribution in [0.3, 0.4) is 0 Å². The maximum absolute atomic E-state index is 12.4. The van der Waals surface area contributed by atoms with E-state index in [2.05, 4.69) is 16.9 Å². The van der Waals surface area contributed by atoms with Crippen molar-refractivity contribution >= 4 is 5.91 Å². The fourth-order valence-corrected chi connectivity index (χ4v) is 3.27. The fraction of sp³-hybridized carbons (Fsp3) is 0.706. The van der Waals surface area contributed by atoms with Crippen molar-refractivity contribution in [3.63, 3.8) is 0 Å². The molecule has 0 spiro atoms. The number of carbonyl (C=O) groups excluding carboxylic acids is 1. The Kier molecular flexibility index (Phi) is 4.17. The van der Waals surface area contributed by atoms with Gasteiger partial charge in [-0.2, -0.15) is 0 Å². The largest absolute Gasteiger partial charge is 0.380 e. The van der Waals surface area contributed by atoms with Crippen LogP contribution in [0.15, 0.2) is 6.20 Å². The van der Waals surface area contributed by atoms with Crippen molar-refractivity contribution in [1.82, 2.24) is 14.9 Å². The molecule has 0 radical (unpaired) electrons. The highest BCUT2D eigenvalue weighted by Crippen LogP contribution is 2.47. The van der Waals surface area contributed by atoms with Crippen LogP contribution >= 0.6 is 0 Å². The van der Waals surface area contributed by atoms with Crippen molar-refractivity contribution in [3.05, 3.63) is 23.3 Å². The lowest BCUT2D eigenvalue weighted by Gasteiger charge is -2.34. The number of hydrogen-bond donors (Lipinski definition) is 0. The average Bonchev–Trinajstić information content (AvgIpc) is 3.28. The summed E-state index contributed by atoms with van der Waals surface area (Å²) in [6, 6.07) is 0. The molecule has 0 aromatic carbocycles. The zero-order valence-electron chi connectivity index (χ0n) is 13.8. The minimum Gasteiger partial charge on any atom is -0.380 e. The van der Waals surface area contributed by atoms with Gasteiger partial charge in [0.05, 0.1) is 12.3 Å². The molecule has 3 rings (SSSR count). The lowest BCUT2D eigenvalue weighted by Crippen LogP contribution is -2.41. The first-order valence-corrected chi connectivity index (χ1v) is 8.14. The van der Waals surface area contributed by atoms with E-state index < -0.39 is 0 Å². The number of ether oxygens (including phenoxy) is 1.